The maximum Gasteiger partial charge on any atom is 0.0543 e. The molecule has 2 N–H and O–H groups in total. The number of unbranched alkanes of at least 4 members (excludes halogenated alkanes) is 3. The van der Waals surface area contributed by atoms with Crippen molar-refractivity contribution in [2.24, 2.45) is 5.92 Å². The summed E-state index contributed by atoms with van der Waals surface area (Å²) in [7, 11) is 0. The Balaban J connectivity index is 1.95. The Morgan fingerprint density at radius 3 is 2.69 bits per heavy atom. The molecule has 2 nitrogen and oxygen atoms in total. The topological polar surface area (TPSA) is 32.3 Å². The highest BCUT2D eigenvalue weighted by molar-refractivity contribution is 4.77. The minimum atomic E-state index is -0.0216. The van der Waals surface area contributed by atoms with Crippen LogP contribution >= 0.6 is 0 Å². The molecule has 1 aliphatic rings. The summed E-state index contributed by atoms with van der Waals surface area (Å²) >= 11 is 0. The predicted molar refractivity (Wildman–Crippen MR) is 69.6 cm³/mol. The molecule has 16 heavy (non-hydrogen) atoms. The molecule has 0 aliphatic heterocycles. The van der Waals surface area contributed by atoms with Gasteiger partial charge in [-0.1, -0.05) is 32.6 Å². The van der Waals surface area contributed by atoms with Crippen molar-refractivity contribution in [2.75, 3.05) is 6.54 Å². The summed E-state index contributed by atoms with van der Waals surface area (Å²) in [5.41, 5.74) is 0. The van der Waals surface area contributed by atoms with E-state index in [1.165, 1.54) is 38.5 Å². The van der Waals surface area contributed by atoms with Gasteiger partial charge in [-0.3, -0.25) is 0 Å². The molecule has 0 aromatic heterocycles. The first-order chi connectivity index (χ1) is 7.72. The maximum atomic E-state index is 9.44. The number of hydrogen-bond donors (Lipinski definition) is 2. The normalized spacial score (nSPS) is 27.2. The zero-order valence-electron chi connectivity index (χ0n) is 11.0. The van der Waals surface area contributed by atoms with Crippen LogP contribution in [-0.2, 0) is 0 Å². The third kappa shape index (κ3) is 5.86. The summed E-state index contributed by atoms with van der Waals surface area (Å²) in [6.07, 6.45) is 9.94. The van der Waals surface area contributed by atoms with Crippen molar-refractivity contribution >= 4 is 0 Å². The Hall–Kier alpha value is -0.0800. The average Bonchev–Trinajstić information content (AvgIpc) is 2.68. The van der Waals surface area contributed by atoms with E-state index < -0.39 is 0 Å². The standard InChI is InChI=1S/C14H29NO/c1-3-4-5-6-7-12(2)15-11-13-8-9-14(16)10-13/h12-16H,3-11H2,1-2H3. The molecular formula is C14H29NO. The summed E-state index contributed by atoms with van der Waals surface area (Å²) in [6, 6.07) is 0.648. The van der Waals surface area contributed by atoms with E-state index in [0.29, 0.717) is 12.0 Å². The molecule has 0 radical (unpaired) electrons. The van der Waals surface area contributed by atoms with Gasteiger partial charge < -0.3 is 10.4 Å². The number of hydrogen-bond acceptors (Lipinski definition) is 2. The summed E-state index contributed by atoms with van der Waals surface area (Å²) in [5.74, 6) is 0.716. The quantitative estimate of drug-likeness (QED) is 0.625. The van der Waals surface area contributed by atoms with Crippen LogP contribution in [0.3, 0.4) is 0 Å². The van der Waals surface area contributed by atoms with Gasteiger partial charge in [-0.25, -0.2) is 0 Å². The van der Waals surface area contributed by atoms with Crippen molar-refractivity contribution in [1.29, 1.82) is 0 Å². The molecule has 1 saturated carbocycles. The van der Waals surface area contributed by atoms with Crippen LogP contribution in [0.2, 0.25) is 0 Å². The second-order valence-electron chi connectivity index (χ2n) is 5.49. The molecular weight excluding hydrogens is 198 g/mol. The molecule has 0 heterocycles. The van der Waals surface area contributed by atoms with Crippen LogP contribution in [0, 0.1) is 5.92 Å². The van der Waals surface area contributed by atoms with Crippen LogP contribution < -0.4 is 5.32 Å². The molecule has 0 aromatic carbocycles. The van der Waals surface area contributed by atoms with Gasteiger partial charge in [0.2, 0.25) is 0 Å². The summed E-state index contributed by atoms with van der Waals surface area (Å²) in [4.78, 5) is 0. The van der Waals surface area contributed by atoms with Gasteiger partial charge >= 0.3 is 0 Å². The Kier molecular flexibility index (Phi) is 7.06. The highest BCUT2D eigenvalue weighted by Gasteiger charge is 2.22. The lowest BCUT2D eigenvalue weighted by atomic mass is 10.1. The lowest BCUT2D eigenvalue weighted by Gasteiger charge is -2.17. The Morgan fingerprint density at radius 2 is 2.06 bits per heavy atom. The summed E-state index contributed by atoms with van der Waals surface area (Å²) < 4.78 is 0. The van der Waals surface area contributed by atoms with Crippen LogP contribution in [0.15, 0.2) is 0 Å². The van der Waals surface area contributed by atoms with Gasteiger partial charge in [0, 0.05) is 6.04 Å². The first-order valence-corrected chi connectivity index (χ1v) is 7.13. The lowest BCUT2D eigenvalue weighted by Crippen LogP contribution is -2.30. The molecule has 1 fully saturated rings. The van der Waals surface area contributed by atoms with Crippen molar-refractivity contribution < 1.29 is 5.11 Å². The second kappa shape index (κ2) is 8.08. The smallest absolute Gasteiger partial charge is 0.0543 e. The van der Waals surface area contributed by atoms with Crippen molar-refractivity contribution in [3.63, 3.8) is 0 Å². The van der Waals surface area contributed by atoms with Crippen LogP contribution in [0.5, 0.6) is 0 Å². The first-order valence-electron chi connectivity index (χ1n) is 7.13. The average molecular weight is 227 g/mol. The van der Waals surface area contributed by atoms with E-state index in [4.69, 9.17) is 0 Å². The highest BCUT2D eigenvalue weighted by atomic mass is 16.3. The van der Waals surface area contributed by atoms with Crippen LogP contribution in [0.4, 0.5) is 0 Å². The molecule has 0 spiro atoms. The zero-order valence-corrected chi connectivity index (χ0v) is 11.0. The fraction of sp³-hybridized carbons (Fsp3) is 1.00. The van der Waals surface area contributed by atoms with Gasteiger partial charge in [-0.15, -0.1) is 0 Å². The van der Waals surface area contributed by atoms with Gasteiger partial charge in [0.05, 0.1) is 6.10 Å². The number of nitrogens with one attached hydrogen (secondary N) is 1. The SMILES string of the molecule is CCCCCCC(C)NCC1CCC(O)C1. The van der Waals surface area contributed by atoms with E-state index in [1.807, 2.05) is 0 Å². The monoisotopic (exact) mass is 227 g/mol. The highest BCUT2D eigenvalue weighted by Crippen LogP contribution is 2.24. The van der Waals surface area contributed by atoms with Crippen molar-refractivity contribution in [3.05, 3.63) is 0 Å². The largest absolute Gasteiger partial charge is 0.393 e. The van der Waals surface area contributed by atoms with E-state index in [1.54, 1.807) is 0 Å². The van der Waals surface area contributed by atoms with Crippen LogP contribution in [-0.4, -0.2) is 23.8 Å². The Labute approximate surface area is 101 Å². The predicted octanol–water partition coefficient (Wildman–Crippen LogP) is 3.10. The molecule has 96 valence electrons. The second-order valence-corrected chi connectivity index (χ2v) is 5.49. The summed E-state index contributed by atoms with van der Waals surface area (Å²) in [6.45, 7) is 5.65. The van der Waals surface area contributed by atoms with Crippen molar-refractivity contribution in [2.45, 2.75) is 77.4 Å². The minimum absolute atomic E-state index is 0.0216. The van der Waals surface area contributed by atoms with E-state index in [0.717, 1.165) is 19.4 Å². The molecule has 1 rings (SSSR count). The van der Waals surface area contributed by atoms with Gasteiger partial charge in [0.25, 0.3) is 0 Å². The first kappa shape index (κ1) is 14.0. The number of aliphatic hydroxyl groups excluding tert-OH is 1. The van der Waals surface area contributed by atoms with Gasteiger partial charge in [0.15, 0.2) is 0 Å². The van der Waals surface area contributed by atoms with Gasteiger partial charge in [-0.05, 0) is 45.1 Å². The van der Waals surface area contributed by atoms with E-state index >= 15 is 0 Å². The third-order valence-electron chi connectivity index (χ3n) is 3.76. The zero-order chi connectivity index (χ0) is 11.8. The molecule has 3 unspecified atom stereocenters. The minimum Gasteiger partial charge on any atom is -0.393 e. The van der Waals surface area contributed by atoms with Crippen molar-refractivity contribution in [1.82, 2.24) is 5.32 Å². The summed E-state index contributed by atoms with van der Waals surface area (Å²) in [5, 5.41) is 13.0. The molecule has 1 aliphatic carbocycles. The fourth-order valence-electron chi connectivity index (χ4n) is 2.58. The van der Waals surface area contributed by atoms with Crippen molar-refractivity contribution in [3.8, 4) is 0 Å². The fourth-order valence-corrected chi connectivity index (χ4v) is 2.58. The molecule has 0 saturated heterocycles. The number of aliphatic hydroxyl groups is 1. The Bertz CT molecular complexity index is 172. The molecule has 2 heteroatoms. The van der Waals surface area contributed by atoms with Crippen LogP contribution in [0.1, 0.15) is 65.2 Å². The van der Waals surface area contributed by atoms with E-state index in [9.17, 15) is 5.11 Å². The van der Waals surface area contributed by atoms with Gasteiger partial charge in [0.1, 0.15) is 0 Å². The Morgan fingerprint density at radius 1 is 1.25 bits per heavy atom. The number of rotatable bonds is 8. The lowest BCUT2D eigenvalue weighted by molar-refractivity contribution is 0.177. The van der Waals surface area contributed by atoms with Gasteiger partial charge in [-0.2, -0.15) is 0 Å². The van der Waals surface area contributed by atoms with E-state index in [2.05, 4.69) is 19.2 Å². The van der Waals surface area contributed by atoms with Crippen LogP contribution in [0.25, 0.3) is 0 Å². The molecule has 3 atom stereocenters. The maximum absolute atomic E-state index is 9.44. The molecule has 0 amide bonds. The van der Waals surface area contributed by atoms with E-state index in [-0.39, 0.29) is 6.10 Å². The third-order valence-corrected chi connectivity index (χ3v) is 3.76. The molecule has 0 aromatic rings. The molecule has 0 bridgehead atoms.